The van der Waals surface area contributed by atoms with Crippen molar-refractivity contribution in [3.05, 3.63) is 11.6 Å². The van der Waals surface area contributed by atoms with Crippen LogP contribution in [-0.2, 0) is 0 Å². The summed E-state index contributed by atoms with van der Waals surface area (Å²) >= 11 is 0. The molecule has 0 bridgehead atoms. The van der Waals surface area contributed by atoms with Gasteiger partial charge in [0.15, 0.2) is 0 Å². The molecule has 11 heavy (non-hydrogen) atoms. The average Bonchev–Trinajstić information content (AvgIpc) is 1.97. The highest BCUT2D eigenvalue weighted by atomic mass is 28.2. The van der Waals surface area contributed by atoms with Crippen molar-refractivity contribution in [1.82, 2.24) is 4.98 Å². The van der Waals surface area contributed by atoms with Crippen molar-refractivity contribution < 1.29 is 0 Å². The van der Waals surface area contributed by atoms with E-state index in [0.29, 0.717) is 0 Å². The number of hydrogen-bond donors (Lipinski definition) is 1. The van der Waals surface area contributed by atoms with Crippen LogP contribution in [0.4, 0.5) is 0 Å². The van der Waals surface area contributed by atoms with Gasteiger partial charge in [0.25, 0.3) is 0 Å². The third-order valence-electron chi connectivity index (χ3n) is 1.80. The summed E-state index contributed by atoms with van der Waals surface area (Å²) in [6, 6.07) is 2.03. The minimum Gasteiger partial charge on any atom is -0.340 e. The van der Waals surface area contributed by atoms with Gasteiger partial charge in [-0.3, -0.25) is 0 Å². The van der Waals surface area contributed by atoms with Crippen LogP contribution in [-0.4, -0.2) is 15.7 Å². The first-order chi connectivity index (χ1) is 5.16. The van der Waals surface area contributed by atoms with Crippen LogP contribution in [0.2, 0.25) is 6.04 Å². The molecule has 1 N–H and O–H groups in total. The van der Waals surface area contributed by atoms with Crippen molar-refractivity contribution in [1.29, 1.82) is 0 Å². The summed E-state index contributed by atoms with van der Waals surface area (Å²) in [5.74, 6) is 0. The maximum absolute atomic E-state index is 3.58. The maximum Gasteiger partial charge on any atom is 0.0956 e. The number of allylic oxidation sites excluding steroid dienone is 2. The molecule has 1 atom stereocenters. The van der Waals surface area contributed by atoms with Gasteiger partial charge in [0.2, 0.25) is 0 Å². The van der Waals surface area contributed by atoms with Crippen molar-refractivity contribution in [2.24, 2.45) is 0 Å². The Morgan fingerprint density at radius 3 is 2.64 bits per heavy atom. The Balaban J connectivity index is 3.21. The van der Waals surface area contributed by atoms with E-state index in [1.54, 1.807) is 0 Å². The molecular formula is C9H21NSi. The van der Waals surface area contributed by atoms with Gasteiger partial charge in [0.1, 0.15) is 0 Å². The van der Waals surface area contributed by atoms with Crippen LogP contribution < -0.4 is 4.98 Å². The summed E-state index contributed by atoms with van der Waals surface area (Å²) in [5, 5.41) is 0. The van der Waals surface area contributed by atoms with Gasteiger partial charge in [-0.15, -0.1) is 0 Å². The van der Waals surface area contributed by atoms with Crippen LogP contribution in [0.1, 0.15) is 34.1 Å². The van der Waals surface area contributed by atoms with Crippen LogP contribution in [0, 0.1) is 0 Å². The molecule has 0 rings (SSSR count). The summed E-state index contributed by atoms with van der Waals surface area (Å²) in [7, 11) is -0.0163. The summed E-state index contributed by atoms with van der Waals surface area (Å²) < 4.78 is 0. The highest BCUT2D eigenvalue weighted by Crippen LogP contribution is 1.92. The lowest BCUT2D eigenvalue weighted by atomic mass is 10.3. The Bertz CT molecular complexity index is 117. The monoisotopic (exact) mass is 171 g/mol. The fraction of sp³-hybridized carbons (Fsp3) is 0.778. The maximum atomic E-state index is 3.58. The molecule has 0 aliphatic heterocycles. The van der Waals surface area contributed by atoms with E-state index in [4.69, 9.17) is 0 Å². The third kappa shape index (κ3) is 7.82. The topological polar surface area (TPSA) is 12.0 Å². The molecule has 2 heteroatoms. The second-order valence-electron chi connectivity index (χ2n) is 3.33. The normalized spacial score (nSPS) is 13.8. The first kappa shape index (κ1) is 10.9. The van der Waals surface area contributed by atoms with Gasteiger partial charge in [0.05, 0.1) is 9.68 Å². The number of hydrogen-bond acceptors (Lipinski definition) is 1. The van der Waals surface area contributed by atoms with Gasteiger partial charge >= 0.3 is 0 Å². The fourth-order valence-electron chi connectivity index (χ4n) is 0.835. The quantitative estimate of drug-likeness (QED) is 0.378. The predicted molar refractivity (Wildman–Crippen MR) is 55.7 cm³/mol. The molecule has 0 aliphatic rings. The first-order valence-electron chi connectivity index (χ1n) is 4.53. The van der Waals surface area contributed by atoms with Gasteiger partial charge in [-0.25, -0.2) is 0 Å². The van der Waals surface area contributed by atoms with Crippen molar-refractivity contribution in [2.75, 3.05) is 0 Å². The Morgan fingerprint density at radius 1 is 1.55 bits per heavy atom. The van der Waals surface area contributed by atoms with E-state index >= 15 is 0 Å². The van der Waals surface area contributed by atoms with Gasteiger partial charge in [-0.05, 0) is 32.4 Å². The van der Waals surface area contributed by atoms with Crippen molar-refractivity contribution in [3.63, 3.8) is 0 Å². The molecule has 0 spiro atoms. The van der Waals surface area contributed by atoms with Crippen LogP contribution in [0.3, 0.4) is 0 Å². The van der Waals surface area contributed by atoms with Gasteiger partial charge < -0.3 is 4.98 Å². The van der Waals surface area contributed by atoms with E-state index in [9.17, 15) is 0 Å². The second kappa shape index (κ2) is 6.62. The summed E-state index contributed by atoms with van der Waals surface area (Å²) in [6.07, 6.45) is 3.59. The Morgan fingerprint density at radius 2 is 2.18 bits per heavy atom. The zero-order valence-corrected chi connectivity index (χ0v) is 9.69. The molecule has 66 valence electrons. The van der Waals surface area contributed by atoms with Crippen molar-refractivity contribution in [2.45, 2.75) is 46.2 Å². The molecule has 0 aromatic carbocycles. The zero-order chi connectivity index (χ0) is 8.69. The molecule has 0 saturated heterocycles. The molecule has 0 fully saturated rings. The minimum atomic E-state index is -0.0163. The van der Waals surface area contributed by atoms with E-state index in [2.05, 4.69) is 38.8 Å². The average molecular weight is 171 g/mol. The van der Waals surface area contributed by atoms with Crippen molar-refractivity contribution >= 4 is 9.68 Å². The summed E-state index contributed by atoms with van der Waals surface area (Å²) in [4.78, 5) is 3.58. The van der Waals surface area contributed by atoms with Gasteiger partial charge in [-0.2, -0.15) is 0 Å². The highest BCUT2D eigenvalue weighted by Gasteiger charge is 1.94. The lowest BCUT2D eigenvalue weighted by Gasteiger charge is -2.08. The number of rotatable bonds is 5. The van der Waals surface area contributed by atoms with Crippen LogP contribution in [0.5, 0.6) is 0 Å². The predicted octanol–water partition coefficient (Wildman–Crippen LogP) is 1.84. The van der Waals surface area contributed by atoms with Crippen molar-refractivity contribution in [3.8, 4) is 0 Å². The Kier molecular flexibility index (Phi) is 6.57. The van der Waals surface area contributed by atoms with Crippen LogP contribution in [0.25, 0.3) is 0 Å². The Labute approximate surface area is 73.2 Å². The SMILES string of the molecule is CCC(C)N[SiH2]CC=C(C)C. The van der Waals surface area contributed by atoms with Gasteiger partial charge in [0, 0.05) is 0 Å². The standard InChI is InChI=1S/C9H21NSi/c1-5-9(4)10-11-7-6-8(2)3/h6,9-10H,5,7,11H2,1-4H3. The molecule has 0 saturated carbocycles. The fourth-order valence-corrected chi connectivity index (χ4v) is 2.50. The molecule has 0 amide bonds. The molecule has 0 aromatic heterocycles. The molecule has 0 heterocycles. The van der Waals surface area contributed by atoms with E-state index in [1.165, 1.54) is 18.0 Å². The molecule has 1 nitrogen and oxygen atoms in total. The van der Waals surface area contributed by atoms with Crippen LogP contribution >= 0.6 is 0 Å². The summed E-state index contributed by atoms with van der Waals surface area (Å²) in [6.45, 7) is 8.82. The Hall–Kier alpha value is -0.0831. The van der Waals surface area contributed by atoms with Crippen LogP contribution in [0.15, 0.2) is 11.6 Å². The third-order valence-corrected chi connectivity index (χ3v) is 3.37. The molecule has 1 unspecified atom stereocenters. The molecule has 0 aliphatic carbocycles. The number of nitrogens with one attached hydrogen (secondary N) is 1. The van der Waals surface area contributed by atoms with E-state index < -0.39 is 0 Å². The lowest BCUT2D eigenvalue weighted by molar-refractivity contribution is 0.655. The van der Waals surface area contributed by atoms with E-state index in [0.717, 1.165) is 6.04 Å². The highest BCUT2D eigenvalue weighted by molar-refractivity contribution is 6.32. The second-order valence-corrected chi connectivity index (χ2v) is 4.82. The first-order valence-corrected chi connectivity index (χ1v) is 6.24. The minimum absolute atomic E-state index is 0.0163. The largest absolute Gasteiger partial charge is 0.340 e. The lowest BCUT2D eigenvalue weighted by Crippen LogP contribution is -2.28. The smallest absolute Gasteiger partial charge is 0.0956 e. The molecule has 0 aromatic rings. The van der Waals surface area contributed by atoms with E-state index in [1.807, 2.05) is 0 Å². The molecular weight excluding hydrogens is 150 g/mol. The van der Waals surface area contributed by atoms with E-state index in [-0.39, 0.29) is 9.68 Å². The zero-order valence-electron chi connectivity index (χ0n) is 8.28. The van der Waals surface area contributed by atoms with Gasteiger partial charge in [-0.1, -0.05) is 25.5 Å². The summed E-state index contributed by atoms with van der Waals surface area (Å²) in [5.41, 5.74) is 1.45. The molecule has 0 radical (unpaired) electrons.